The normalized spacial score (nSPS) is 12.9. The first-order valence-electron chi connectivity index (χ1n) is 17.0. The third-order valence-electron chi connectivity index (χ3n) is 9.16. The molecular weight excluding hydrogens is 704 g/mol. The second kappa shape index (κ2) is 14.6. The molecule has 0 saturated heterocycles. The zero-order valence-electron chi connectivity index (χ0n) is 30.0. The summed E-state index contributed by atoms with van der Waals surface area (Å²) in [4.78, 5) is 76.4. The van der Waals surface area contributed by atoms with Crippen LogP contribution in [0.1, 0.15) is 72.4 Å². The monoisotopic (exact) mass is 736 g/mol. The Morgan fingerprint density at radius 1 is 0.582 bits per heavy atom. The second-order valence-corrected chi connectivity index (χ2v) is 12.7. The Labute approximate surface area is 313 Å². The predicted molar refractivity (Wildman–Crippen MR) is 204 cm³/mol. The van der Waals surface area contributed by atoms with Crippen LogP contribution in [0.15, 0.2) is 97.1 Å². The standard InChI is InChI=1S/C43H32N2O10/c1-22(46)54-37-20-25-8-10-27(42(50)52-3)16-29(25)18-33(37)40(48)44-35-14-12-24-6-5-7-31-36(15-13-32(35)39(24)31)45-41(49)34-19-30-17-28(43(51)53-4)11-9-26(30)21-38(34)55-23(2)47/h5-21,36H,1-4H3,(H,44,48)(H,45,49). The van der Waals surface area contributed by atoms with E-state index in [2.05, 4.69) is 10.6 Å². The van der Waals surface area contributed by atoms with E-state index in [-0.39, 0.29) is 28.2 Å². The Morgan fingerprint density at radius 3 is 1.67 bits per heavy atom. The molecule has 1 unspecified atom stereocenters. The average molecular weight is 737 g/mol. The number of anilines is 1. The Bertz CT molecular complexity index is 2680. The van der Waals surface area contributed by atoms with Gasteiger partial charge in [0.05, 0.1) is 42.5 Å². The quantitative estimate of drug-likeness (QED) is 0.120. The predicted octanol–water partition coefficient (Wildman–Crippen LogP) is 7.32. The summed E-state index contributed by atoms with van der Waals surface area (Å²) in [7, 11) is 2.55. The van der Waals surface area contributed by atoms with Crippen LogP contribution in [0.2, 0.25) is 0 Å². The number of carbonyl (C=O) groups excluding carboxylic acids is 6. The molecule has 1 aliphatic carbocycles. The van der Waals surface area contributed by atoms with Crippen molar-refractivity contribution in [1.29, 1.82) is 0 Å². The topological polar surface area (TPSA) is 163 Å². The molecule has 6 aromatic carbocycles. The first-order chi connectivity index (χ1) is 26.4. The minimum absolute atomic E-state index is 0.0418. The molecule has 2 N–H and O–H groups in total. The molecule has 0 aliphatic heterocycles. The van der Waals surface area contributed by atoms with Gasteiger partial charge in [-0.05, 0) is 92.5 Å². The maximum Gasteiger partial charge on any atom is 0.337 e. The maximum absolute atomic E-state index is 14.0. The highest BCUT2D eigenvalue weighted by molar-refractivity contribution is 6.13. The summed E-state index contributed by atoms with van der Waals surface area (Å²) in [5.41, 5.74) is 2.59. The van der Waals surface area contributed by atoms with Gasteiger partial charge in [0.2, 0.25) is 0 Å². The van der Waals surface area contributed by atoms with Crippen LogP contribution in [0.3, 0.4) is 0 Å². The fraction of sp³-hybridized carbons (Fsp3) is 0.116. The molecule has 6 aromatic rings. The van der Waals surface area contributed by atoms with Crippen molar-refractivity contribution < 1.29 is 47.7 Å². The number of nitrogens with one attached hydrogen (secondary N) is 2. The lowest BCUT2D eigenvalue weighted by molar-refractivity contribution is -0.132. The lowest BCUT2D eigenvalue weighted by atomic mass is 9.88. The lowest BCUT2D eigenvalue weighted by Gasteiger charge is -2.24. The van der Waals surface area contributed by atoms with Gasteiger partial charge in [-0.15, -0.1) is 0 Å². The zero-order chi connectivity index (χ0) is 39.0. The number of ether oxygens (including phenoxy) is 4. The largest absolute Gasteiger partial charge is 0.465 e. The maximum atomic E-state index is 14.0. The number of fused-ring (bicyclic) bond motifs is 2. The van der Waals surface area contributed by atoms with Gasteiger partial charge in [0.25, 0.3) is 11.8 Å². The van der Waals surface area contributed by atoms with Gasteiger partial charge in [-0.3, -0.25) is 19.2 Å². The number of hydrogen-bond acceptors (Lipinski definition) is 10. The Hall–Kier alpha value is -7.34. The van der Waals surface area contributed by atoms with Crippen molar-refractivity contribution in [3.8, 4) is 11.5 Å². The number of hydrogen-bond donors (Lipinski definition) is 2. The van der Waals surface area contributed by atoms with Gasteiger partial charge in [-0.2, -0.15) is 0 Å². The molecule has 0 heterocycles. The van der Waals surface area contributed by atoms with Gasteiger partial charge < -0.3 is 29.6 Å². The average Bonchev–Trinajstić information content (AvgIpc) is 3.17. The molecule has 274 valence electrons. The van der Waals surface area contributed by atoms with Gasteiger partial charge >= 0.3 is 23.9 Å². The highest BCUT2D eigenvalue weighted by Crippen LogP contribution is 2.39. The van der Waals surface area contributed by atoms with Crippen molar-refractivity contribution in [3.05, 3.63) is 130 Å². The summed E-state index contributed by atoms with van der Waals surface area (Å²) in [5.74, 6) is -3.32. The van der Waals surface area contributed by atoms with E-state index in [0.29, 0.717) is 38.4 Å². The van der Waals surface area contributed by atoms with Crippen molar-refractivity contribution in [3.63, 3.8) is 0 Å². The molecule has 0 aromatic heterocycles. The zero-order valence-corrected chi connectivity index (χ0v) is 30.0. The van der Waals surface area contributed by atoms with E-state index >= 15 is 0 Å². The molecule has 55 heavy (non-hydrogen) atoms. The Balaban J connectivity index is 1.23. The Morgan fingerprint density at radius 2 is 1.13 bits per heavy atom. The second-order valence-electron chi connectivity index (χ2n) is 12.7. The lowest BCUT2D eigenvalue weighted by Crippen LogP contribution is -2.29. The van der Waals surface area contributed by atoms with Crippen LogP contribution in [-0.4, -0.2) is 49.9 Å². The van der Waals surface area contributed by atoms with Crippen LogP contribution in [-0.2, 0) is 19.1 Å². The van der Waals surface area contributed by atoms with E-state index in [1.54, 1.807) is 78.9 Å². The fourth-order valence-electron chi connectivity index (χ4n) is 6.68. The van der Waals surface area contributed by atoms with Crippen molar-refractivity contribution in [2.24, 2.45) is 0 Å². The van der Waals surface area contributed by atoms with Crippen LogP contribution in [0, 0.1) is 0 Å². The minimum Gasteiger partial charge on any atom is -0.465 e. The molecule has 12 nitrogen and oxygen atoms in total. The number of amides is 2. The number of esters is 4. The molecule has 0 spiro atoms. The molecule has 0 saturated carbocycles. The van der Waals surface area contributed by atoms with Gasteiger partial charge in [0.15, 0.2) is 0 Å². The Kier molecular flexibility index (Phi) is 9.56. The van der Waals surface area contributed by atoms with Crippen LogP contribution in [0.25, 0.3) is 38.4 Å². The number of methoxy groups -OCH3 is 2. The van der Waals surface area contributed by atoms with Crippen LogP contribution in [0.4, 0.5) is 5.69 Å². The van der Waals surface area contributed by atoms with Crippen molar-refractivity contribution in [1.82, 2.24) is 5.32 Å². The molecule has 1 atom stereocenters. The third kappa shape index (κ3) is 7.08. The van der Waals surface area contributed by atoms with E-state index in [1.807, 2.05) is 24.3 Å². The molecule has 0 fully saturated rings. The van der Waals surface area contributed by atoms with E-state index in [0.717, 1.165) is 16.3 Å². The van der Waals surface area contributed by atoms with E-state index in [1.165, 1.54) is 28.1 Å². The third-order valence-corrected chi connectivity index (χ3v) is 9.16. The molecule has 2 amide bonds. The van der Waals surface area contributed by atoms with Gasteiger partial charge in [0, 0.05) is 25.1 Å². The summed E-state index contributed by atoms with van der Waals surface area (Å²) >= 11 is 0. The first-order valence-corrected chi connectivity index (χ1v) is 17.0. The summed E-state index contributed by atoms with van der Waals surface area (Å²) in [6.07, 6.45) is 3.57. The van der Waals surface area contributed by atoms with Crippen LogP contribution < -0.4 is 20.1 Å². The van der Waals surface area contributed by atoms with Crippen molar-refractivity contribution >= 4 is 79.8 Å². The number of benzene rings is 6. The molecular formula is C43H32N2O10. The molecule has 7 rings (SSSR count). The van der Waals surface area contributed by atoms with E-state index in [4.69, 9.17) is 18.9 Å². The summed E-state index contributed by atoms with van der Waals surface area (Å²) < 4.78 is 20.6. The highest BCUT2D eigenvalue weighted by Gasteiger charge is 2.26. The van der Waals surface area contributed by atoms with Gasteiger partial charge in [-0.25, -0.2) is 9.59 Å². The molecule has 12 heteroatoms. The highest BCUT2D eigenvalue weighted by atomic mass is 16.5. The van der Waals surface area contributed by atoms with Crippen LogP contribution in [0.5, 0.6) is 11.5 Å². The first kappa shape index (κ1) is 36.0. The van der Waals surface area contributed by atoms with E-state index < -0.39 is 41.7 Å². The summed E-state index contributed by atoms with van der Waals surface area (Å²) in [6.45, 7) is 2.47. The van der Waals surface area contributed by atoms with Crippen molar-refractivity contribution in [2.45, 2.75) is 19.9 Å². The molecule has 0 bridgehead atoms. The van der Waals surface area contributed by atoms with Gasteiger partial charge in [0.1, 0.15) is 11.5 Å². The van der Waals surface area contributed by atoms with Gasteiger partial charge in [-0.1, -0.05) is 48.6 Å². The number of carbonyl (C=O) groups is 6. The van der Waals surface area contributed by atoms with E-state index in [9.17, 15) is 28.8 Å². The molecule has 1 aliphatic rings. The summed E-state index contributed by atoms with van der Waals surface area (Å²) in [6, 6.07) is 24.5. The smallest absolute Gasteiger partial charge is 0.337 e. The summed E-state index contributed by atoms with van der Waals surface area (Å²) in [5, 5.41) is 9.99. The minimum atomic E-state index is -0.628. The SMILES string of the molecule is COC(=O)c1ccc2cc(OC(C)=O)c(C(=O)Nc3ccc4cccc5c4c3C=CC5NC(=O)c3cc4cc(C(=O)OC)ccc4cc3OC(C)=O)cc2c1. The van der Waals surface area contributed by atoms with Crippen molar-refractivity contribution in [2.75, 3.05) is 19.5 Å². The fourth-order valence-corrected chi connectivity index (χ4v) is 6.68. The molecule has 0 radical (unpaired) electrons. The number of rotatable bonds is 8. The van der Waals surface area contributed by atoms with Crippen LogP contribution >= 0.6 is 0 Å².